The monoisotopic (exact) mass is 268 g/mol. The van der Waals surface area contributed by atoms with E-state index in [0.717, 1.165) is 23.7 Å². The lowest BCUT2D eigenvalue weighted by atomic mass is 9.85. The third kappa shape index (κ3) is 2.57. The quantitative estimate of drug-likeness (QED) is 0.909. The van der Waals surface area contributed by atoms with Crippen LogP contribution in [-0.4, -0.2) is 17.6 Å². The number of fused-ring (bicyclic) bond motifs is 1. The predicted octanol–water partition coefficient (Wildman–Crippen LogP) is 4.03. The van der Waals surface area contributed by atoms with Gasteiger partial charge in [-0.15, -0.1) is 0 Å². The van der Waals surface area contributed by atoms with Crippen molar-refractivity contribution in [1.82, 2.24) is 10.3 Å². The molecule has 2 heteroatoms. The summed E-state index contributed by atoms with van der Waals surface area (Å²) in [4.78, 5) is 4.67. The van der Waals surface area contributed by atoms with Gasteiger partial charge in [0.1, 0.15) is 0 Å². The highest BCUT2D eigenvalue weighted by Gasteiger charge is 2.29. The van der Waals surface area contributed by atoms with Crippen molar-refractivity contribution in [1.29, 1.82) is 0 Å². The normalized spacial score (nSPS) is 22.8. The Bertz CT molecular complexity index is 603. The van der Waals surface area contributed by atoms with Crippen molar-refractivity contribution >= 4 is 10.9 Å². The highest BCUT2D eigenvalue weighted by atomic mass is 15.0. The molecule has 2 heterocycles. The third-order valence-corrected chi connectivity index (χ3v) is 4.35. The minimum absolute atomic E-state index is 0.611. The molecule has 3 rings (SSSR count). The molecule has 1 saturated heterocycles. The standard InChI is InChI=1S/C18H24N2/c1-12(2)10-18-15(8-9-19-18)16-11-13(3)20-17-7-5-4-6-14(16)17/h4-7,11-12,15,18-19H,8-10H2,1-3H3. The van der Waals surface area contributed by atoms with Crippen LogP contribution >= 0.6 is 0 Å². The summed E-state index contributed by atoms with van der Waals surface area (Å²) in [5.74, 6) is 1.37. The molecule has 1 aromatic carbocycles. The van der Waals surface area contributed by atoms with E-state index < -0.39 is 0 Å². The summed E-state index contributed by atoms with van der Waals surface area (Å²) in [6.45, 7) is 7.87. The number of nitrogens with one attached hydrogen (secondary N) is 1. The molecule has 2 aromatic rings. The zero-order chi connectivity index (χ0) is 14.1. The fraction of sp³-hybridized carbons (Fsp3) is 0.500. The van der Waals surface area contributed by atoms with Crippen molar-refractivity contribution < 1.29 is 0 Å². The fourth-order valence-corrected chi connectivity index (χ4v) is 3.54. The van der Waals surface area contributed by atoms with Gasteiger partial charge in [-0.25, -0.2) is 0 Å². The van der Waals surface area contributed by atoms with Crippen LogP contribution < -0.4 is 5.32 Å². The van der Waals surface area contributed by atoms with Crippen molar-refractivity contribution in [2.24, 2.45) is 5.92 Å². The molecule has 1 aromatic heterocycles. The molecule has 1 aliphatic rings. The van der Waals surface area contributed by atoms with Crippen LogP contribution in [0.4, 0.5) is 0 Å². The van der Waals surface area contributed by atoms with Crippen LogP contribution in [0.1, 0.15) is 43.9 Å². The Labute approximate surface area is 121 Å². The second-order valence-corrected chi connectivity index (χ2v) is 6.46. The number of benzene rings is 1. The predicted molar refractivity (Wildman–Crippen MR) is 85.1 cm³/mol. The summed E-state index contributed by atoms with van der Waals surface area (Å²) in [6.07, 6.45) is 2.49. The molecule has 2 nitrogen and oxygen atoms in total. The van der Waals surface area contributed by atoms with Gasteiger partial charge >= 0.3 is 0 Å². The molecule has 0 amide bonds. The summed E-state index contributed by atoms with van der Waals surface area (Å²) in [5.41, 5.74) is 3.76. The third-order valence-electron chi connectivity index (χ3n) is 4.35. The van der Waals surface area contributed by atoms with Crippen LogP contribution in [0.2, 0.25) is 0 Å². The summed E-state index contributed by atoms with van der Waals surface area (Å²) in [7, 11) is 0. The van der Waals surface area contributed by atoms with E-state index in [9.17, 15) is 0 Å². The Hall–Kier alpha value is -1.41. The van der Waals surface area contributed by atoms with Gasteiger partial charge < -0.3 is 5.32 Å². The molecule has 0 spiro atoms. The van der Waals surface area contributed by atoms with Gasteiger partial charge in [0.2, 0.25) is 0 Å². The van der Waals surface area contributed by atoms with Crippen molar-refractivity contribution in [3.63, 3.8) is 0 Å². The molecule has 1 N–H and O–H groups in total. The maximum atomic E-state index is 4.67. The van der Waals surface area contributed by atoms with Crippen molar-refractivity contribution in [2.45, 2.75) is 45.6 Å². The molecule has 1 fully saturated rings. The van der Waals surface area contributed by atoms with Gasteiger partial charge in [0.25, 0.3) is 0 Å². The second kappa shape index (κ2) is 5.53. The van der Waals surface area contributed by atoms with Crippen molar-refractivity contribution in [2.75, 3.05) is 6.54 Å². The second-order valence-electron chi connectivity index (χ2n) is 6.46. The Morgan fingerprint density at radius 2 is 2.10 bits per heavy atom. The highest BCUT2D eigenvalue weighted by Crippen LogP contribution is 2.35. The van der Waals surface area contributed by atoms with Gasteiger partial charge in [0.05, 0.1) is 5.52 Å². The van der Waals surface area contributed by atoms with E-state index in [0.29, 0.717) is 12.0 Å². The smallest absolute Gasteiger partial charge is 0.0708 e. The average molecular weight is 268 g/mol. The van der Waals surface area contributed by atoms with E-state index in [1.54, 1.807) is 0 Å². The SMILES string of the molecule is Cc1cc(C2CCNC2CC(C)C)c2ccccc2n1. The molecule has 2 unspecified atom stereocenters. The van der Waals surface area contributed by atoms with Crippen LogP contribution in [0.3, 0.4) is 0 Å². The number of pyridine rings is 1. The fourth-order valence-electron chi connectivity index (χ4n) is 3.54. The lowest BCUT2D eigenvalue weighted by molar-refractivity contribution is 0.435. The number of hydrogen-bond donors (Lipinski definition) is 1. The first kappa shape index (κ1) is 13.6. The maximum Gasteiger partial charge on any atom is 0.0708 e. The first-order valence-electron chi connectivity index (χ1n) is 7.75. The minimum Gasteiger partial charge on any atom is -0.313 e. The number of hydrogen-bond acceptors (Lipinski definition) is 2. The Kier molecular flexibility index (Phi) is 3.75. The molecular formula is C18H24N2. The lowest BCUT2D eigenvalue weighted by Gasteiger charge is -2.23. The first-order chi connectivity index (χ1) is 9.65. The van der Waals surface area contributed by atoms with Crippen molar-refractivity contribution in [3.8, 4) is 0 Å². The molecule has 0 aliphatic carbocycles. The Morgan fingerprint density at radius 3 is 2.90 bits per heavy atom. The van der Waals surface area contributed by atoms with Crippen LogP contribution in [0, 0.1) is 12.8 Å². The molecule has 0 radical (unpaired) electrons. The van der Waals surface area contributed by atoms with Crippen LogP contribution in [-0.2, 0) is 0 Å². The van der Waals surface area contributed by atoms with E-state index in [1.807, 2.05) is 0 Å². The van der Waals surface area contributed by atoms with Gasteiger partial charge in [0, 0.05) is 23.0 Å². The van der Waals surface area contributed by atoms with Crippen LogP contribution in [0.5, 0.6) is 0 Å². The highest BCUT2D eigenvalue weighted by molar-refractivity contribution is 5.83. The van der Waals surface area contributed by atoms with E-state index in [1.165, 1.54) is 23.8 Å². The molecule has 2 atom stereocenters. The number of rotatable bonds is 3. The molecule has 0 saturated carbocycles. The van der Waals surface area contributed by atoms with Gasteiger partial charge in [-0.1, -0.05) is 32.0 Å². The van der Waals surface area contributed by atoms with E-state index in [4.69, 9.17) is 0 Å². The molecule has 0 bridgehead atoms. The number of nitrogens with zero attached hydrogens (tertiary/aromatic N) is 1. The summed E-state index contributed by atoms with van der Waals surface area (Å²) < 4.78 is 0. The van der Waals surface area contributed by atoms with E-state index in [2.05, 4.69) is 61.4 Å². The zero-order valence-electron chi connectivity index (χ0n) is 12.7. The average Bonchev–Trinajstić information content (AvgIpc) is 2.84. The molecular weight excluding hydrogens is 244 g/mol. The largest absolute Gasteiger partial charge is 0.313 e. The molecule has 1 aliphatic heterocycles. The molecule has 106 valence electrons. The number of aromatic nitrogens is 1. The van der Waals surface area contributed by atoms with Crippen molar-refractivity contribution in [3.05, 3.63) is 41.6 Å². The lowest BCUT2D eigenvalue weighted by Crippen LogP contribution is -2.27. The van der Waals surface area contributed by atoms with Gasteiger partial charge in [0.15, 0.2) is 0 Å². The Balaban J connectivity index is 2.04. The number of para-hydroxylation sites is 1. The van der Waals surface area contributed by atoms with Crippen LogP contribution in [0.25, 0.3) is 10.9 Å². The Morgan fingerprint density at radius 1 is 1.30 bits per heavy atom. The van der Waals surface area contributed by atoms with Gasteiger partial charge in [-0.05, 0) is 49.9 Å². The summed E-state index contributed by atoms with van der Waals surface area (Å²) in [6, 6.07) is 11.5. The first-order valence-corrected chi connectivity index (χ1v) is 7.75. The summed E-state index contributed by atoms with van der Waals surface area (Å²) in [5, 5.41) is 5.03. The summed E-state index contributed by atoms with van der Waals surface area (Å²) >= 11 is 0. The maximum absolute atomic E-state index is 4.67. The minimum atomic E-state index is 0.611. The topological polar surface area (TPSA) is 24.9 Å². The van der Waals surface area contributed by atoms with Gasteiger partial charge in [-0.3, -0.25) is 4.98 Å². The van der Waals surface area contributed by atoms with E-state index in [-0.39, 0.29) is 0 Å². The van der Waals surface area contributed by atoms with Gasteiger partial charge in [-0.2, -0.15) is 0 Å². The van der Waals surface area contributed by atoms with Crippen LogP contribution in [0.15, 0.2) is 30.3 Å². The number of aryl methyl sites for hydroxylation is 1. The molecule has 20 heavy (non-hydrogen) atoms. The van der Waals surface area contributed by atoms with E-state index >= 15 is 0 Å². The zero-order valence-corrected chi connectivity index (χ0v) is 12.7.